The Morgan fingerprint density at radius 2 is 2.00 bits per heavy atom. The molecule has 0 bridgehead atoms. The number of nitrogens with zero attached hydrogens (tertiary/aromatic N) is 2. The Kier molecular flexibility index (Phi) is 6.89. The summed E-state index contributed by atoms with van der Waals surface area (Å²) in [4.78, 5) is 22.4. The number of H-pyrrole nitrogens is 1. The summed E-state index contributed by atoms with van der Waals surface area (Å²) in [5.74, 6) is 1.26. The van der Waals surface area contributed by atoms with Gasteiger partial charge in [-0.3, -0.25) is 4.79 Å². The number of ether oxygens (including phenoxy) is 1. The molecular formula is C25H31ClN4O2. The molecule has 1 fully saturated rings. The Morgan fingerprint density at radius 1 is 1.22 bits per heavy atom. The van der Waals surface area contributed by atoms with Crippen molar-refractivity contribution in [3.05, 3.63) is 57.1 Å². The standard InChI is InChI=1S/C25H31ClN4O2/c1-4-30(18-8-6-5-7-9-18)22-14-17(26)13-20-19(22)10-11-27-24(20)28-15-21-23(32-3)12-16(2)29-25(21)31/h10-14,18H,4-9,15H2,1-3H3,(H,27,28)(H,29,31). The minimum absolute atomic E-state index is 0.164. The van der Waals surface area contributed by atoms with Crippen LogP contribution in [0.1, 0.15) is 50.3 Å². The lowest BCUT2D eigenvalue weighted by atomic mass is 9.93. The molecule has 6 nitrogen and oxygen atoms in total. The van der Waals surface area contributed by atoms with Crippen LogP contribution in [0, 0.1) is 6.92 Å². The van der Waals surface area contributed by atoms with Crippen molar-refractivity contribution < 1.29 is 4.74 Å². The van der Waals surface area contributed by atoms with E-state index in [2.05, 4.69) is 39.2 Å². The third kappa shape index (κ3) is 4.56. The first-order chi connectivity index (χ1) is 15.5. The van der Waals surface area contributed by atoms with Crippen LogP contribution >= 0.6 is 11.6 Å². The monoisotopic (exact) mass is 454 g/mol. The Balaban J connectivity index is 1.71. The number of pyridine rings is 2. The number of aromatic nitrogens is 2. The highest BCUT2D eigenvalue weighted by Gasteiger charge is 2.23. The van der Waals surface area contributed by atoms with Crippen molar-refractivity contribution in [2.45, 2.75) is 58.5 Å². The highest BCUT2D eigenvalue weighted by molar-refractivity contribution is 6.32. The third-order valence-corrected chi connectivity index (χ3v) is 6.59. The molecule has 1 aliphatic rings. The summed E-state index contributed by atoms with van der Waals surface area (Å²) in [5.41, 5.74) is 2.29. The maximum Gasteiger partial charge on any atom is 0.256 e. The third-order valence-electron chi connectivity index (χ3n) is 6.37. The molecule has 1 saturated carbocycles. The van der Waals surface area contributed by atoms with Gasteiger partial charge in [0.25, 0.3) is 5.56 Å². The number of fused-ring (bicyclic) bond motifs is 1. The zero-order chi connectivity index (χ0) is 22.7. The van der Waals surface area contributed by atoms with Crippen LogP contribution in [-0.4, -0.2) is 29.7 Å². The van der Waals surface area contributed by atoms with Gasteiger partial charge in [-0.15, -0.1) is 0 Å². The second kappa shape index (κ2) is 9.82. The Hall–Kier alpha value is -2.73. The molecule has 1 aliphatic carbocycles. The molecule has 0 unspecified atom stereocenters. The van der Waals surface area contributed by atoms with E-state index in [-0.39, 0.29) is 5.56 Å². The van der Waals surface area contributed by atoms with Crippen LogP contribution in [-0.2, 0) is 6.54 Å². The summed E-state index contributed by atoms with van der Waals surface area (Å²) in [6.07, 6.45) is 8.13. The van der Waals surface area contributed by atoms with Gasteiger partial charge in [-0.1, -0.05) is 30.9 Å². The number of rotatable bonds is 7. The van der Waals surface area contributed by atoms with E-state index >= 15 is 0 Å². The van der Waals surface area contributed by atoms with E-state index < -0.39 is 0 Å². The van der Waals surface area contributed by atoms with E-state index in [9.17, 15) is 4.79 Å². The highest BCUT2D eigenvalue weighted by Crippen LogP contribution is 2.37. The zero-order valence-corrected chi connectivity index (χ0v) is 19.8. The van der Waals surface area contributed by atoms with Crippen molar-refractivity contribution in [1.82, 2.24) is 9.97 Å². The van der Waals surface area contributed by atoms with Crippen molar-refractivity contribution in [3.8, 4) is 5.75 Å². The molecule has 0 aliphatic heterocycles. The first kappa shape index (κ1) is 22.5. The lowest BCUT2D eigenvalue weighted by Gasteiger charge is -2.36. The number of anilines is 2. The fourth-order valence-electron chi connectivity index (χ4n) is 4.83. The van der Waals surface area contributed by atoms with Crippen molar-refractivity contribution in [3.63, 3.8) is 0 Å². The van der Waals surface area contributed by atoms with Gasteiger partial charge in [-0.05, 0) is 51.0 Å². The summed E-state index contributed by atoms with van der Waals surface area (Å²) in [7, 11) is 1.57. The van der Waals surface area contributed by atoms with Gasteiger partial charge in [-0.25, -0.2) is 4.98 Å². The van der Waals surface area contributed by atoms with Gasteiger partial charge in [-0.2, -0.15) is 0 Å². The minimum Gasteiger partial charge on any atom is -0.496 e. The molecule has 2 aromatic heterocycles. The summed E-state index contributed by atoms with van der Waals surface area (Å²) >= 11 is 6.59. The average Bonchev–Trinajstić information content (AvgIpc) is 2.79. The van der Waals surface area contributed by atoms with Crippen LogP contribution in [0.15, 0.2) is 35.3 Å². The first-order valence-electron chi connectivity index (χ1n) is 11.4. The number of methoxy groups -OCH3 is 1. The van der Waals surface area contributed by atoms with E-state index in [0.29, 0.717) is 34.7 Å². The second-order valence-corrected chi connectivity index (χ2v) is 8.88. The molecule has 0 spiro atoms. The lowest BCUT2D eigenvalue weighted by molar-refractivity contribution is 0.408. The van der Waals surface area contributed by atoms with E-state index in [0.717, 1.165) is 28.7 Å². The average molecular weight is 455 g/mol. The van der Waals surface area contributed by atoms with Gasteiger partial charge < -0.3 is 19.9 Å². The summed E-state index contributed by atoms with van der Waals surface area (Å²) in [5, 5.41) is 6.09. The fraction of sp³-hybridized carbons (Fsp3) is 0.440. The maximum absolute atomic E-state index is 12.5. The van der Waals surface area contributed by atoms with Gasteiger partial charge in [0.1, 0.15) is 11.6 Å². The van der Waals surface area contributed by atoms with Crippen molar-refractivity contribution in [2.75, 3.05) is 23.9 Å². The van der Waals surface area contributed by atoms with E-state index in [1.54, 1.807) is 7.11 Å². The Bertz CT molecular complexity index is 1150. The van der Waals surface area contributed by atoms with Crippen LogP contribution in [0.4, 0.5) is 11.5 Å². The van der Waals surface area contributed by atoms with Gasteiger partial charge in [0, 0.05) is 46.0 Å². The number of halogens is 1. The van der Waals surface area contributed by atoms with E-state index in [1.165, 1.54) is 32.1 Å². The Labute approximate surface area is 194 Å². The van der Waals surface area contributed by atoms with Crippen LogP contribution in [0.5, 0.6) is 5.75 Å². The molecule has 1 aromatic carbocycles. The number of aromatic amines is 1. The summed E-state index contributed by atoms with van der Waals surface area (Å²) < 4.78 is 5.43. The van der Waals surface area contributed by atoms with Crippen molar-refractivity contribution >= 4 is 33.9 Å². The molecular weight excluding hydrogens is 424 g/mol. The minimum atomic E-state index is -0.164. The van der Waals surface area contributed by atoms with Crippen LogP contribution in [0.2, 0.25) is 5.02 Å². The van der Waals surface area contributed by atoms with Crippen molar-refractivity contribution in [1.29, 1.82) is 0 Å². The number of hydrogen-bond donors (Lipinski definition) is 2. The normalized spacial score (nSPS) is 14.5. The molecule has 7 heteroatoms. The number of benzene rings is 1. The van der Waals surface area contributed by atoms with E-state index in [4.69, 9.17) is 16.3 Å². The zero-order valence-electron chi connectivity index (χ0n) is 19.0. The van der Waals surface area contributed by atoms with Crippen LogP contribution in [0.3, 0.4) is 0 Å². The molecule has 0 saturated heterocycles. The van der Waals surface area contributed by atoms with Gasteiger partial charge in [0.2, 0.25) is 0 Å². The van der Waals surface area contributed by atoms with Crippen LogP contribution in [0.25, 0.3) is 10.8 Å². The predicted molar refractivity (Wildman–Crippen MR) is 132 cm³/mol. The molecule has 2 heterocycles. The number of aryl methyl sites for hydroxylation is 1. The molecule has 170 valence electrons. The quantitative estimate of drug-likeness (QED) is 0.481. The molecule has 0 atom stereocenters. The topological polar surface area (TPSA) is 70.2 Å². The molecule has 32 heavy (non-hydrogen) atoms. The number of nitrogens with one attached hydrogen (secondary N) is 2. The maximum atomic E-state index is 12.5. The molecule has 3 aromatic rings. The second-order valence-electron chi connectivity index (χ2n) is 8.44. The first-order valence-corrected chi connectivity index (χ1v) is 11.7. The molecule has 0 radical (unpaired) electrons. The fourth-order valence-corrected chi connectivity index (χ4v) is 5.05. The van der Waals surface area contributed by atoms with Gasteiger partial charge >= 0.3 is 0 Å². The van der Waals surface area contributed by atoms with Gasteiger partial charge in [0.15, 0.2) is 0 Å². The largest absolute Gasteiger partial charge is 0.496 e. The Morgan fingerprint density at radius 3 is 2.72 bits per heavy atom. The molecule has 0 amide bonds. The molecule has 2 N–H and O–H groups in total. The summed E-state index contributed by atoms with van der Waals surface area (Å²) in [6, 6.07) is 8.43. The summed E-state index contributed by atoms with van der Waals surface area (Å²) in [6.45, 7) is 5.27. The SMILES string of the molecule is CCN(c1cc(Cl)cc2c(NCc3c(OC)cc(C)[nH]c3=O)nccc12)C1CCCCC1. The highest BCUT2D eigenvalue weighted by atomic mass is 35.5. The van der Waals surface area contributed by atoms with Gasteiger partial charge in [0.05, 0.1) is 19.2 Å². The molecule has 4 rings (SSSR count). The predicted octanol–water partition coefficient (Wildman–Crippen LogP) is 5.66. The smallest absolute Gasteiger partial charge is 0.256 e. The van der Waals surface area contributed by atoms with Crippen molar-refractivity contribution in [2.24, 2.45) is 0 Å². The van der Waals surface area contributed by atoms with Crippen LogP contribution < -0.4 is 20.5 Å². The number of hydrogen-bond acceptors (Lipinski definition) is 5. The van der Waals surface area contributed by atoms with E-state index in [1.807, 2.05) is 25.3 Å². The lowest BCUT2D eigenvalue weighted by Crippen LogP contribution is -2.36.